The topological polar surface area (TPSA) is 145 Å². The quantitative estimate of drug-likeness (QED) is 0.0989. The molecular formula is C32H30O11. The third kappa shape index (κ3) is 5.80. The van der Waals surface area contributed by atoms with Crippen LogP contribution in [0.3, 0.4) is 0 Å². The van der Waals surface area contributed by atoms with Crippen LogP contribution in [-0.4, -0.2) is 48.8 Å². The van der Waals surface area contributed by atoms with E-state index in [9.17, 15) is 24.0 Å². The van der Waals surface area contributed by atoms with Crippen molar-refractivity contribution in [3.8, 4) is 5.75 Å². The average Bonchev–Trinajstić information content (AvgIpc) is 3.26. The van der Waals surface area contributed by atoms with E-state index in [1.54, 1.807) is 30.3 Å². The highest BCUT2D eigenvalue weighted by Gasteiger charge is 2.50. The molecule has 4 atom stereocenters. The maximum Gasteiger partial charge on any atom is 0.344 e. The van der Waals surface area contributed by atoms with Crippen molar-refractivity contribution in [2.45, 2.75) is 65.5 Å². The fourth-order valence-corrected chi connectivity index (χ4v) is 5.54. The number of aryl methyl sites for hydroxylation is 1. The fraction of sp³-hybridized carbons (Fsp3) is 0.344. The first-order valence-corrected chi connectivity index (χ1v) is 13.7. The smallest absolute Gasteiger partial charge is 0.344 e. The molecule has 0 N–H and O–H groups in total. The van der Waals surface area contributed by atoms with Gasteiger partial charge in [-0.1, -0.05) is 25.1 Å². The lowest BCUT2D eigenvalue weighted by atomic mass is 9.93. The van der Waals surface area contributed by atoms with Crippen LogP contribution >= 0.6 is 0 Å². The zero-order chi connectivity index (χ0) is 31.0. The molecule has 0 saturated carbocycles. The predicted octanol–water partition coefficient (Wildman–Crippen LogP) is 4.45. The highest BCUT2D eigenvalue weighted by atomic mass is 16.6. The lowest BCUT2D eigenvalue weighted by molar-refractivity contribution is -0.165. The van der Waals surface area contributed by atoms with Gasteiger partial charge < -0.3 is 28.1 Å². The van der Waals surface area contributed by atoms with Gasteiger partial charge in [0.2, 0.25) is 0 Å². The first kappa shape index (κ1) is 29.7. The minimum absolute atomic E-state index is 0.195. The normalized spacial score (nSPS) is 19.8. The Hall–Kier alpha value is -4.77. The minimum Gasteiger partial charge on any atom is -0.463 e. The van der Waals surface area contributed by atoms with Crippen molar-refractivity contribution < 1.29 is 47.3 Å². The summed E-state index contributed by atoms with van der Waals surface area (Å²) in [6, 6.07) is 12.2. The van der Waals surface area contributed by atoms with Crippen LogP contribution in [-0.2, 0) is 44.5 Å². The highest BCUT2D eigenvalue weighted by molar-refractivity contribution is 6.16. The van der Waals surface area contributed by atoms with Gasteiger partial charge in [0.25, 0.3) is 0 Å². The van der Waals surface area contributed by atoms with Crippen LogP contribution in [0.4, 0.5) is 0 Å². The Labute approximate surface area is 245 Å². The number of hydrogen-bond donors (Lipinski definition) is 0. The first-order valence-electron chi connectivity index (χ1n) is 13.7. The second-order valence-corrected chi connectivity index (χ2v) is 10.3. The second-order valence-electron chi connectivity index (χ2n) is 10.3. The van der Waals surface area contributed by atoms with Crippen molar-refractivity contribution >= 4 is 56.4 Å². The standard InChI is InChI=1S/C32H30O11/c1-6-19-7-8-20-21-9-10-22-25(39-16(3)34)12-11-23(27(22)28(21)43-32(37)24(20)13-19)29-31(41-18(5)36)30(40-17(4)35)26(42-29)14-38-15(2)33/h7-13,26,29-31H,6,14H2,1-5H3/t26-,29+,30-,31+/m1/s1. The van der Waals surface area contributed by atoms with E-state index in [1.165, 1.54) is 27.7 Å². The van der Waals surface area contributed by atoms with Gasteiger partial charge in [0.15, 0.2) is 12.2 Å². The number of ether oxygens (including phenoxy) is 5. The molecule has 1 aromatic heterocycles. The van der Waals surface area contributed by atoms with Crippen LogP contribution in [0.5, 0.6) is 5.75 Å². The van der Waals surface area contributed by atoms with Gasteiger partial charge >= 0.3 is 29.5 Å². The number of fused-ring (bicyclic) bond motifs is 5. The monoisotopic (exact) mass is 590 g/mol. The van der Waals surface area contributed by atoms with Gasteiger partial charge in [0, 0.05) is 43.9 Å². The van der Waals surface area contributed by atoms with Crippen LogP contribution in [0.2, 0.25) is 0 Å². The Kier molecular flexibility index (Phi) is 8.19. The maximum absolute atomic E-state index is 13.3. The Morgan fingerprint density at radius 3 is 2.09 bits per heavy atom. The first-order chi connectivity index (χ1) is 20.5. The van der Waals surface area contributed by atoms with E-state index in [4.69, 9.17) is 28.1 Å². The number of hydrogen-bond acceptors (Lipinski definition) is 11. The highest BCUT2D eigenvalue weighted by Crippen LogP contribution is 2.45. The summed E-state index contributed by atoms with van der Waals surface area (Å²) >= 11 is 0. The number of benzene rings is 3. The summed E-state index contributed by atoms with van der Waals surface area (Å²) in [7, 11) is 0. The van der Waals surface area contributed by atoms with Crippen molar-refractivity contribution in [3.05, 3.63) is 64.0 Å². The van der Waals surface area contributed by atoms with Crippen LogP contribution < -0.4 is 10.4 Å². The zero-order valence-electron chi connectivity index (χ0n) is 24.3. The summed E-state index contributed by atoms with van der Waals surface area (Å²) < 4.78 is 34.1. The van der Waals surface area contributed by atoms with Crippen molar-refractivity contribution in [3.63, 3.8) is 0 Å². The van der Waals surface area contributed by atoms with E-state index in [-0.39, 0.29) is 17.9 Å². The Morgan fingerprint density at radius 2 is 1.44 bits per heavy atom. The predicted molar refractivity (Wildman–Crippen MR) is 154 cm³/mol. The molecule has 43 heavy (non-hydrogen) atoms. The molecule has 224 valence electrons. The largest absolute Gasteiger partial charge is 0.463 e. The summed E-state index contributed by atoms with van der Waals surface area (Å²) in [6.45, 7) is 6.58. The molecule has 1 aliphatic rings. The number of esters is 4. The molecule has 0 bridgehead atoms. The third-order valence-corrected chi connectivity index (χ3v) is 7.25. The molecule has 3 aromatic carbocycles. The molecule has 0 amide bonds. The summed E-state index contributed by atoms with van der Waals surface area (Å²) in [5.74, 6) is -2.28. The van der Waals surface area contributed by atoms with Gasteiger partial charge in [-0.3, -0.25) is 19.2 Å². The summed E-state index contributed by atoms with van der Waals surface area (Å²) in [5.41, 5.74) is 0.999. The van der Waals surface area contributed by atoms with E-state index < -0.39 is 53.9 Å². The van der Waals surface area contributed by atoms with Crippen LogP contribution in [0.25, 0.3) is 32.5 Å². The minimum atomic E-state index is -1.17. The number of carbonyl (C=O) groups excluding carboxylic acids is 4. The van der Waals surface area contributed by atoms with Crippen molar-refractivity contribution in [1.82, 2.24) is 0 Å². The van der Waals surface area contributed by atoms with Gasteiger partial charge in [-0.2, -0.15) is 0 Å². The van der Waals surface area contributed by atoms with Gasteiger partial charge in [0.1, 0.15) is 30.1 Å². The third-order valence-electron chi connectivity index (χ3n) is 7.25. The molecule has 0 radical (unpaired) electrons. The van der Waals surface area contributed by atoms with E-state index in [0.717, 1.165) is 12.0 Å². The molecule has 0 aliphatic carbocycles. The average molecular weight is 591 g/mol. The number of rotatable bonds is 7. The van der Waals surface area contributed by atoms with E-state index in [0.29, 0.717) is 32.5 Å². The molecule has 1 fully saturated rings. The van der Waals surface area contributed by atoms with Gasteiger partial charge in [-0.15, -0.1) is 0 Å². The Bertz CT molecular complexity index is 1840. The molecule has 0 unspecified atom stereocenters. The Morgan fingerprint density at radius 1 is 0.767 bits per heavy atom. The molecule has 0 spiro atoms. The van der Waals surface area contributed by atoms with E-state index in [2.05, 4.69) is 0 Å². The molecule has 11 nitrogen and oxygen atoms in total. The Balaban J connectivity index is 1.80. The summed E-state index contributed by atoms with van der Waals surface area (Å²) in [5, 5.41) is 2.47. The molecule has 1 saturated heterocycles. The van der Waals surface area contributed by atoms with Crippen molar-refractivity contribution in [2.75, 3.05) is 6.61 Å². The molecule has 5 rings (SSSR count). The number of carbonyl (C=O) groups is 4. The lowest BCUT2D eigenvalue weighted by Gasteiger charge is -2.24. The van der Waals surface area contributed by atoms with Gasteiger partial charge in [-0.25, -0.2) is 4.79 Å². The van der Waals surface area contributed by atoms with Crippen molar-refractivity contribution in [2.24, 2.45) is 0 Å². The van der Waals surface area contributed by atoms with Crippen molar-refractivity contribution in [1.29, 1.82) is 0 Å². The van der Waals surface area contributed by atoms with E-state index >= 15 is 0 Å². The maximum atomic E-state index is 13.3. The summed E-state index contributed by atoms with van der Waals surface area (Å²) in [4.78, 5) is 61.2. The van der Waals surface area contributed by atoms with Crippen LogP contribution in [0.1, 0.15) is 51.8 Å². The van der Waals surface area contributed by atoms with E-state index in [1.807, 2.05) is 19.1 Å². The lowest BCUT2D eigenvalue weighted by Crippen LogP contribution is -2.40. The van der Waals surface area contributed by atoms with Crippen LogP contribution in [0, 0.1) is 0 Å². The van der Waals surface area contributed by atoms with Crippen LogP contribution in [0.15, 0.2) is 51.7 Å². The zero-order valence-corrected chi connectivity index (χ0v) is 24.3. The van der Waals surface area contributed by atoms with Gasteiger partial charge in [0.05, 0.1) is 5.39 Å². The molecule has 11 heteroatoms. The summed E-state index contributed by atoms with van der Waals surface area (Å²) in [6.07, 6.45) is -3.64. The molecular weight excluding hydrogens is 560 g/mol. The second kappa shape index (κ2) is 11.8. The molecule has 1 aliphatic heterocycles. The molecule has 4 aromatic rings. The fourth-order valence-electron chi connectivity index (χ4n) is 5.54. The molecule has 2 heterocycles. The SMILES string of the molecule is CCc1ccc2c(c1)c(=O)oc1c2ccc2c(OC(C)=O)ccc([C@@H]3O[C@H](COC(C)=O)[C@@H](OC(C)=O)[C@H]3OC(C)=O)c21. The van der Waals surface area contributed by atoms with Gasteiger partial charge in [-0.05, 0) is 47.2 Å².